The highest BCUT2D eigenvalue weighted by Crippen LogP contribution is 2.35. The number of aliphatic imine (C=N–C) groups is 1. The van der Waals surface area contributed by atoms with Gasteiger partial charge in [-0.3, -0.25) is 4.79 Å². The topological polar surface area (TPSA) is 132 Å². The van der Waals surface area contributed by atoms with Gasteiger partial charge < -0.3 is 25.6 Å². The van der Waals surface area contributed by atoms with Crippen molar-refractivity contribution < 1.29 is 32.5 Å². The Morgan fingerprint density at radius 3 is 2.83 bits per heavy atom. The maximum atomic E-state index is 14.5. The Bertz CT molecular complexity index is 1050. The van der Waals surface area contributed by atoms with Crippen molar-refractivity contribution in [2.24, 2.45) is 10.7 Å². The first kappa shape index (κ1) is 20.9. The van der Waals surface area contributed by atoms with Crippen LogP contribution in [-0.2, 0) is 10.3 Å². The molecule has 0 radical (unpaired) electrons. The number of benzene rings is 1. The SMILES string of the molecule is C[C@@]1(c2cc(NC(=O)c3ncc(OCF)nc3O)ccc2F)C=C(CF)OC(N)=N1. The Kier molecular flexibility index (Phi) is 5.76. The fraction of sp³-hybridized carbons (Fsp3) is 0.222. The van der Waals surface area contributed by atoms with E-state index in [2.05, 4.69) is 25.0 Å². The van der Waals surface area contributed by atoms with Crippen molar-refractivity contribution in [2.45, 2.75) is 12.5 Å². The number of nitrogens with zero attached hydrogens (tertiary/aromatic N) is 3. The van der Waals surface area contributed by atoms with Crippen molar-refractivity contribution in [3.05, 3.63) is 53.3 Å². The van der Waals surface area contributed by atoms with E-state index in [1.165, 1.54) is 25.1 Å². The highest BCUT2D eigenvalue weighted by molar-refractivity contribution is 6.04. The minimum Gasteiger partial charge on any atom is -0.492 e. The van der Waals surface area contributed by atoms with Gasteiger partial charge in [-0.1, -0.05) is 0 Å². The summed E-state index contributed by atoms with van der Waals surface area (Å²) in [5.74, 6) is -2.78. The van der Waals surface area contributed by atoms with E-state index in [0.717, 1.165) is 12.3 Å². The molecule has 1 aromatic heterocycles. The molecule has 1 aromatic carbocycles. The van der Waals surface area contributed by atoms with Crippen molar-refractivity contribution >= 4 is 17.6 Å². The Morgan fingerprint density at radius 2 is 2.17 bits per heavy atom. The van der Waals surface area contributed by atoms with Crippen LogP contribution in [0.5, 0.6) is 11.8 Å². The first-order valence-electron chi connectivity index (χ1n) is 8.42. The number of carbonyl (C=O) groups is 1. The molecular weight excluding hydrogens is 407 g/mol. The van der Waals surface area contributed by atoms with Crippen LogP contribution in [0.1, 0.15) is 23.0 Å². The molecular formula is C18H16F3N5O4. The van der Waals surface area contributed by atoms with Crippen LogP contribution in [0, 0.1) is 5.82 Å². The monoisotopic (exact) mass is 423 g/mol. The number of allylic oxidation sites excluding steroid dienone is 1. The smallest absolute Gasteiger partial charge is 0.288 e. The van der Waals surface area contributed by atoms with Gasteiger partial charge in [0.15, 0.2) is 5.69 Å². The van der Waals surface area contributed by atoms with Gasteiger partial charge in [-0.15, -0.1) is 0 Å². The number of nitrogens with two attached hydrogens (primary N) is 1. The molecule has 0 spiro atoms. The van der Waals surface area contributed by atoms with Gasteiger partial charge in [0.2, 0.25) is 18.6 Å². The van der Waals surface area contributed by atoms with Gasteiger partial charge in [-0.25, -0.2) is 23.1 Å². The van der Waals surface area contributed by atoms with Crippen LogP contribution in [0.25, 0.3) is 0 Å². The molecule has 2 aromatic rings. The van der Waals surface area contributed by atoms with Gasteiger partial charge in [-0.2, -0.15) is 4.98 Å². The maximum absolute atomic E-state index is 14.5. The lowest BCUT2D eigenvalue weighted by atomic mass is 9.90. The van der Waals surface area contributed by atoms with Crippen LogP contribution < -0.4 is 15.8 Å². The highest BCUT2D eigenvalue weighted by atomic mass is 19.1. The fourth-order valence-corrected chi connectivity index (χ4v) is 2.80. The number of halogens is 3. The first-order chi connectivity index (χ1) is 14.3. The molecule has 12 heteroatoms. The highest BCUT2D eigenvalue weighted by Gasteiger charge is 2.32. The summed E-state index contributed by atoms with van der Waals surface area (Å²) in [5, 5.41) is 12.2. The second-order valence-corrected chi connectivity index (χ2v) is 6.23. The van der Waals surface area contributed by atoms with E-state index in [1.54, 1.807) is 0 Å². The van der Waals surface area contributed by atoms with Gasteiger partial charge in [0.25, 0.3) is 11.9 Å². The molecule has 1 aliphatic heterocycles. The molecule has 1 amide bonds. The number of aromatic hydroxyl groups is 1. The number of carbonyl (C=O) groups excluding carboxylic acids is 1. The molecule has 0 saturated carbocycles. The molecule has 0 aliphatic carbocycles. The van der Waals surface area contributed by atoms with Crippen molar-refractivity contribution in [1.82, 2.24) is 9.97 Å². The summed E-state index contributed by atoms with van der Waals surface area (Å²) in [6.45, 7) is -0.666. The maximum Gasteiger partial charge on any atom is 0.288 e. The normalized spacial score (nSPS) is 18.1. The van der Waals surface area contributed by atoms with Gasteiger partial charge >= 0.3 is 0 Å². The Labute approximate surface area is 168 Å². The summed E-state index contributed by atoms with van der Waals surface area (Å²) < 4.78 is 49.1. The molecule has 0 unspecified atom stereocenters. The van der Waals surface area contributed by atoms with E-state index in [0.29, 0.717) is 0 Å². The van der Waals surface area contributed by atoms with Crippen molar-refractivity contribution in [3.63, 3.8) is 0 Å². The third-order valence-corrected chi connectivity index (χ3v) is 4.07. The molecule has 0 saturated heterocycles. The Balaban J connectivity index is 1.90. The zero-order chi connectivity index (χ0) is 21.9. The third kappa shape index (κ3) is 4.26. The minimum absolute atomic E-state index is 0.0144. The number of amides is 1. The summed E-state index contributed by atoms with van der Waals surface area (Å²) in [7, 11) is 0. The lowest BCUT2D eigenvalue weighted by Gasteiger charge is -2.28. The Morgan fingerprint density at radius 1 is 1.40 bits per heavy atom. The zero-order valence-electron chi connectivity index (χ0n) is 15.5. The lowest BCUT2D eigenvalue weighted by Crippen LogP contribution is -2.31. The molecule has 30 heavy (non-hydrogen) atoms. The minimum atomic E-state index is -1.39. The molecule has 1 atom stereocenters. The summed E-state index contributed by atoms with van der Waals surface area (Å²) in [6, 6.07) is 3.27. The van der Waals surface area contributed by atoms with Gasteiger partial charge in [-0.05, 0) is 31.2 Å². The predicted molar refractivity (Wildman–Crippen MR) is 98.8 cm³/mol. The average Bonchev–Trinajstić information content (AvgIpc) is 2.69. The largest absolute Gasteiger partial charge is 0.492 e. The number of hydrogen-bond donors (Lipinski definition) is 3. The number of amidine groups is 1. The van der Waals surface area contributed by atoms with Gasteiger partial charge in [0.1, 0.15) is 23.8 Å². The first-order valence-corrected chi connectivity index (χ1v) is 8.42. The summed E-state index contributed by atoms with van der Waals surface area (Å²) in [4.78, 5) is 23.6. The number of anilines is 1. The molecule has 0 bridgehead atoms. The number of alkyl halides is 2. The zero-order valence-corrected chi connectivity index (χ0v) is 15.5. The quantitative estimate of drug-likeness (QED) is 0.649. The van der Waals surface area contributed by atoms with Crippen LogP contribution in [0.15, 0.2) is 41.2 Å². The van der Waals surface area contributed by atoms with Crippen molar-refractivity contribution in [3.8, 4) is 11.8 Å². The van der Waals surface area contributed by atoms with Crippen LogP contribution >= 0.6 is 0 Å². The van der Waals surface area contributed by atoms with E-state index in [9.17, 15) is 23.1 Å². The van der Waals surface area contributed by atoms with E-state index in [-0.39, 0.29) is 28.9 Å². The molecule has 0 fully saturated rings. The predicted octanol–water partition coefficient (Wildman–Crippen LogP) is 2.29. The fourth-order valence-electron chi connectivity index (χ4n) is 2.80. The average molecular weight is 423 g/mol. The molecule has 158 valence electrons. The van der Waals surface area contributed by atoms with Crippen molar-refractivity contribution in [1.29, 1.82) is 0 Å². The van der Waals surface area contributed by atoms with Gasteiger partial charge in [0, 0.05) is 11.3 Å². The van der Waals surface area contributed by atoms with Crippen LogP contribution in [-0.4, -0.2) is 40.5 Å². The third-order valence-electron chi connectivity index (χ3n) is 4.07. The van der Waals surface area contributed by atoms with E-state index in [4.69, 9.17) is 10.5 Å². The number of nitrogens with one attached hydrogen (secondary N) is 1. The van der Waals surface area contributed by atoms with E-state index in [1.807, 2.05) is 0 Å². The van der Waals surface area contributed by atoms with Crippen LogP contribution in [0.4, 0.5) is 18.9 Å². The molecule has 9 nitrogen and oxygen atoms in total. The van der Waals surface area contributed by atoms with Crippen LogP contribution in [0.3, 0.4) is 0 Å². The molecule has 4 N–H and O–H groups in total. The number of rotatable bonds is 6. The molecule has 2 heterocycles. The summed E-state index contributed by atoms with van der Waals surface area (Å²) in [5.41, 5.74) is 3.82. The number of hydrogen-bond acceptors (Lipinski definition) is 8. The van der Waals surface area contributed by atoms with Crippen molar-refractivity contribution in [2.75, 3.05) is 18.9 Å². The lowest BCUT2D eigenvalue weighted by molar-refractivity contribution is 0.101. The van der Waals surface area contributed by atoms with Gasteiger partial charge in [0.05, 0.1) is 6.20 Å². The second-order valence-electron chi connectivity index (χ2n) is 6.23. The molecule has 3 rings (SSSR count). The molecule has 1 aliphatic rings. The van der Waals surface area contributed by atoms with E-state index < -0.39 is 42.4 Å². The second kappa shape index (κ2) is 8.27. The number of aromatic nitrogens is 2. The van der Waals surface area contributed by atoms with Crippen LogP contribution in [0.2, 0.25) is 0 Å². The summed E-state index contributed by atoms with van der Waals surface area (Å²) in [6.07, 6.45) is 2.22. The Hall–Kier alpha value is -3.83. The number of ether oxygens (including phenoxy) is 2. The standard InChI is InChI=1S/C18H16F3N5O4/c1-18(5-10(6-19)30-17(22)26-18)11-4-9(2-3-12(11)21)24-15(27)14-16(28)25-13(7-23-14)29-8-20/h2-5,7H,6,8H2,1H3,(H2,22,26)(H,24,27)(H,25,28)/t18-/m0/s1. The van der Waals surface area contributed by atoms with E-state index >= 15 is 0 Å². The summed E-state index contributed by atoms with van der Waals surface area (Å²) >= 11 is 0.